The third-order valence-corrected chi connectivity index (χ3v) is 5.26. The van der Waals surface area contributed by atoms with Gasteiger partial charge in [-0.05, 0) is 36.4 Å². The van der Waals surface area contributed by atoms with Gasteiger partial charge in [-0.25, -0.2) is 4.79 Å². The van der Waals surface area contributed by atoms with Crippen molar-refractivity contribution < 1.29 is 9.90 Å². The first-order valence-electron chi connectivity index (χ1n) is 10.7. The van der Waals surface area contributed by atoms with Crippen LogP contribution in [0.15, 0.2) is 28.1 Å². The Morgan fingerprint density at radius 1 is 0.923 bits per heavy atom. The van der Waals surface area contributed by atoms with Crippen LogP contribution in [0.4, 0.5) is 0 Å². The topological polar surface area (TPSA) is 66.7 Å². The number of hydrogen-bond donors (Lipinski definition) is 1. The van der Waals surface area contributed by atoms with Crippen LogP contribution in [0.1, 0.15) is 110 Å². The summed E-state index contributed by atoms with van der Waals surface area (Å²) < 4.78 is 0. The minimum atomic E-state index is -1.01. The van der Waals surface area contributed by atoms with E-state index in [1.807, 2.05) is 6.08 Å². The lowest BCUT2D eigenvalue weighted by Crippen LogP contribution is -2.10. The molecule has 0 unspecified atom stereocenters. The number of aliphatic carboxylic acids is 1. The number of carboxylic acids is 1. The maximum atomic E-state index is 11.4. The Bertz CT molecular complexity index is 480. The molecule has 0 aromatic rings. The number of carbonyl (C=O) groups is 1. The van der Waals surface area contributed by atoms with Crippen LogP contribution in [0.2, 0.25) is 0 Å². The van der Waals surface area contributed by atoms with Gasteiger partial charge in [-0.2, -0.15) is 0 Å². The first-order chi connectivity index (χ1) is 12.7. The van der Waals surface area contributed by atoms with Crippen molar-refractivity contribution in [3.05, 3.63) is 27.8 Å². The molecule has 1 aliphatic carbocycles. The van der Waals surface area contributed by atoms with Gasteiger partial charge in [0.15, 0.2) is 0 Å². The molecule has 148 valence electrons. The van der Waals surface area contributed by atoms with Gasteiger partial charge in [0, 0.05) is 0 Å². The van der Waals surface area contributed by atoms with Crippen molar-refractivity contribution in [3.63, 3.8) is 0 Å². The number of nitroso groups, excluding NO2 is 1. The maximum Gasteiger partial charge on any atom is 0.337 e. The summed E-state index contributed by atoms with van der Waals surface area (Å²) in [5.74, 6) is -1.01. The third kappa shape index (κ3) is 9.30. The molecule has 0 spiro atoms. The molecule has 0 aliphatic heterocycles. The molecule has 26 heavy (non-hydrogen) atoms. The highest BCUT2D eigenvalue weighted by Gasteiger charge is 2.22. The zero-order valence-corrected chi connectivity index (χ0v) is 16.6. The van der Waals surface area contributed by atoms with E-state index in [2.05, 4.69) is 12.1 Å². The second-order valence-corrected chi connectivity index (χ2v) is 7.48. The Morgan fingerprint density at radius 2 is 1.42 bits per heavy atom. The molecule has 1 aliphatic rings. The summed E-state index contributed by atoms with van der Waals surface area (Å²) in [6, 6.07) is 0. The molecule has 1 rings (SSSR count). The first-order valence-corrected chi connectivity index (χ1v) is 10.7. The number of nitrogens with zero attached hydrogens (tertiary/aromatic N) is 1. The summed E-state index contributed by atoms with van der Waals surface area (Å²) in [7, 11) is 0. The Morgan fingerprint density at radius 3 is 1.88 bits per heavy atom. The van der Waals surface area contributed by atoms with E-state index in [4.69, 9.17) is 0 Å². The van der Waals surface area contributed by atoms with Gasteiger partial charge in [-0.3, -0.25) is 0 Å². The third-order valence-electron chi connectivity index (χ3n) is 5.26. The first kappa shape index (κ1) is 22.6. The SMILES string of the molecule is CCCCCCCCCCCCCCCC1=CCCC(N=O)=C1C(=O)O. The summed E-state index contributed by atoms with van der Waals surface area (Å²) in [5.41, 5.74) is 1.18. The minimum absolute atomic E-state index is 0.158. The van der Waals surface area contributed by atoms with E-state index in [1.54, 1.807) is 0 Å². The van der Waals surface area contributed by atoms with Gasteiger partial charge in [-0.15, -0.1) is 4.91 Å². The number of hydrogen-bond acceptors (Lipinski definition) is 3. The van der Waals surface area contributed by atoms with E-state index in [9.17, 15) is 14.8 Å². The van der Waals surface area contributed by atoms with Gasteiger partial charge in [0.05, 0.1) is 11.3 Å². The van der Waals surface area contributed by atoms with Gasteiger partial charge in [0.1, 0.15) is 0 Å². The fourth-order valence-electron chi connectivity index (χ4n) is 3.71. The van der Waals surface area contributed by atoms with E-state index in [-0.39, 0.29) is 11.3 Å². The van der Waals surface area contributed by atoms with Crippen molar-refractivity contribution in [1.29, 1.82) is 0 Å². The van der Waals surface area contributed by atoms with Gasteiger partial charge < -0.3 is 5.11 Å². The van der Waals surface area contributed by atoms with Crippen LogP contribution in [-0.2, 0) is 4.79 Å². The fourth-order valence-corrected chi connectivity index (χ4v) is 3.71. The fraction of sp³-hybridized carbons (Fsp3) is 0.773. The molecule has 1 N–H and O–H groups in total. The van der Waals surface area contributed by atoms with E-state index in [0.29, 0.717) is 6.42 Å². The van der Waals surface area contributed by atoms with Crippen LogP contribution in [0.5, 0.6) is 0 Å². The molecule has 4 heteroatoms. The average molecular weight is 364 g/mol. The van der Waals surface area contributed by atoms with Crippen molar-refractivity contribution >= 4 is 5.97 Å². The Balaban J connectivity index is 2.04. The average Bonchev–Trinajstić information content (AvgIpc) is 2.65. The van der Waals surface area contributed by atoms with Gasteiger partial charge in [0.25, 0.3) is 0 Å². The van der Waals surface area contributed by atoms with E-state index < -0.39 is 5.97 Å². The van der Waals surface area contributed by atoms with Crippen molar-refractivity contribution in [2.45, 2.75) is 110 Å². The largest absolute Gasteiger partial charge is 0.478 e. The Hall–Kier alpha value is -1.45. The van der Waals surface area contributed by atoms with Crippen LogP contribution in [0.3, 0.4) is 0 Å². The summed E-state index contributed by atoms with van der Waals surface area (Å²) in [4.78, 5) is 22.2. The second-order valence-electron chi connectivity index (χ2n) is 7.48. The van der Waals surface area contributed by atoms with Crippen LogP contribution in [0, 0.1) is 4.91 Å². The molecular formula is C22H37NO3. The highest BCUT2D eigenvalue weighted by molar-refractivity contribution is 5.93. The van der Waals surface area contributed by atoms with Crippen molar-refractivity contribution in [2.75, 3.05) is 0 Å². The normalized spacial score (nSPS) is 14.4. The van der Waals surface area contributed by atoms with Crippen LogP contribution in [0.25, 0.3) is 0 Å². The summed E-state index contributed by atoms with van der Waals surface area (Å²) in [5, 5.41) is 12.2. The number of allylic oxidation sites excluding steroid dienone is 2. The summed E-state index contributed by atoms with van der Waals surface area (Å²) in [6.07, 6.45) is 20.8. The molecule has 0 heterocycles. The minimum Gasteiger partial charge on any atom is -0.478 e. The van der Waals surface area contributed by atoms with Crippen molar-refractivity contribution in [2.24, 2.45) is 5.18 Å². The predicted molar refractivity (Wildman–Crippen MR) is 108 cm³/mol. The van der Waals surface area contributed by atoms with Crippen LogP contribution >= 0.6 is 0 Å². The molecule has 0 saturated carbocycles. The molecular weight excluding hydrogens is 326 g/mol. The smallest absolute Gasteiger partial charge is 0.337 e. The van der Waals surface area contributed by atoms with Crippen molar-refractivity contribution in [3.8, 4) is 0 Å². The molecule has 0 atom stereocenters. The zero-order valence-electron chi connectivity index (χ0n) is 16.6. The van der Waals surface area contributed by atoms with Crippen LogP contribution in [-0.4, -0.2) is 11.1 Å². The molecule has 0 aromatic carbocycles. The predicted octanol–water partition coefficient (Wildman–Crippen LogP) is 7.29. The zero-order chi connectivity index (χ0) is 19.0. The molecule has 0 bridgehead atoms. The Labute approximate surface area is 159 Å². The highest BCUT2D eigenvalue weighted by Crippen LogP contribution is 2.30. The maximum absolute atomic E-state index is 11.4. The standard InChI is InChI=1S/C22H37NO3/c1-2-3-4-5-6-7-8-9-10-11-12-13-14-16-19-17-15-18-20(23-26)21(19)22(24)25/h17H,2-16,18H2,1H3,(H,24,25). The van der Waals surface area contributed by atoms with Gasteiger partial charge in [-0.1, -0.05) is 90.0 Å². The van der Waals surface area contributed by atoms with Crippen LogP contribution < -0.4 is 0 Å². The second kappa shape index (κ2) is 14.7. The molecule has 0 radical (unpaired) electrons. The Kier molecular flexibility index (Phi) is 12.8. The lowest BCUT2D eigenvalue weighted by Gasteiger charge is -2.15. The molecule has 0 saturated heterocycles. The number of carboxylic acid groups (broad SMARTS) is 1. The number of rotatable bonds is 16. The molecule has 4 nitrogen and oxygen atoms in total. The molecule has 0 amide bonds. The molecule has 0 fully saturated rings. The quantitative estimate of drug-likeness (QED) is 0.231. The van der Waals surface area contributed by atoms with Gasteiger partial charge >= 0.3 is 5.97 Å². The number of unbranched alkanes of at least 4 members (excludes halogenated alkanes) is 12. The van der Waals surface area contributed by atoms with Gasteiger partial charge in [0.2, 0.25) is 0 Å². The lowest BCUT2D eigenvalue weighted by atomic mass is 9.91. The monoisotopic (exact) mass is 363 g/mol. The lowest BCUT2D eigenvalue weighted by molar-refractivity contribution is -0.132. The van der Waals surface area contributed by atoms with E-state index in [1.165, 1.54) is 70.6 Å². The highest BCUT2D eigenvalue weighted by atomic mass is 16.4. The van der Waals surface area contributed by atoms with E-state index in [0.717, 1.165) is 31.3 Å². The van der Waals surface area contributed by atoms with E-state index >= 15 is 0 Å². The van der Waals surface area contributed by atoms with Crippen molar-refractivity contribution in [1.82, 2.24) is 0 Å². The molecule has 0 aromatic heterocycles. The summed E-state index contributed by atoms with van der Waals surface area (Å²) >= 11 is 0. The summed E-state index contributed by atoms with van der Waals surface area (Å²) in [6.45, 7) is 2.26.